The first kappa shape index (κ1) is 44.5. The fourth-order valence-electron chi connectivity index (χ4n) is 7.73. The summed E-state index contributed by atoms with van der Waals surface area (Å²) in [6, 6.07) is 13.5. The number of methoxy groups -OCH3 is 4. The maximum absolute atomic E-state index is 13.9. The first-order chi connectivity index (χ1) is 28.8. The fourth-order valence-corrected chi connectivity index (χ4v) is 8.67. The number of imidazole rings is 2. The van der Waals surface area contributed by atoms with Crippen LogP contribution in [-0.2, 0) is 28.5 Å². The average Bonchev–Trinajstić information content (AvgIpc) is 4.09. The number of ether oxygens (including phenoxy) is 4. The quantitative estimate of drug-likeness (QED) is 0.113. The number of carbonyl (C=O) groups is 4. The van der Waals surface area contributed by atoms with Crippen molar-refractivity contribution in [2.75, 3.05) is 47.8 Å². The van der Waals surface area contributed by atoms with Gasteiger partial charge in [0.25, 0.3) is 0 Å². The zero-order chi connectivity index (χ0) is 43.2. The largest absolute Gasteiger partial charge is 0.453 e. The SMILES string of the molecule is COC(=O)N[C@H](C(=O)N1C[C@@H](OC)C[C@H]1c1nc(-c2ccc(-c3ccc(-c4cnc([C@@H]5C[C@H](SC)CN5C(=O)[C@@H](NC(=O)OC)C(C)OC)[nH]4)cc3)cc2)c(Cl)[nH]1)C(C)C. The second kappa shape index (κ2) is 19.5. The molecular formula is C42H53ClN8O8S. The van der Waals surface area contributed by atoms with Crippen LogP contribution >= 0.6 is 23.4 Å². The molecule has 0 spiro atoms. The molecule has 2 aliphatic heterocycles. The van der Waals surface area contributed by atoms with E-state index in [0.29, 0.717) is 48.4 Å². The van der Waals surface area contributed by atoms with Crippen LogP contribution in [0.25, 0.3) is 33.6 Å². The van der Waals surface area contributed by atoms with Crippen LogP contribution in [-0.4, -0.2) is 131 Å². The van der Waals surface area contributed by atoms with E-state index in [1.165, 1.54) is 21.3 Å². The van der Waals surface area contributed by atoms with Crippen molar-refractivity contribution in [1.29, 1.82) is 0 Å². The van der Waals surface area contributed by atoms with E-state index in [1.54, 1.807) is 41.8 Å². The molecule has 0 saturated carbocycles. The number of likely N-dealkylation sites (tertiary alicyclic amines) is 2. The van der Waals surface area contributed by atoms with Crippen LogP contribution in [0.2, 0.25) is 5.15 Å². The Hall–Kier alpha value is -5.10. The maximum atomic E-state index is 13.9. The van der Waals surface area contributed by atoms with Crippen molar-refractivity contribution in [2.45, 2.75) is 75.2 Å². The van der Waals surface area contributed by atoms with Crippen molar-refractivity contribution >= 4 is 47.4 Å². The van der Waals surface area contributed by atoms with Gasteiger partial charge in [0.05, 0.1) is 50.4 Å². The summed E-state index contributed by atoms with van der Waals surface area (Å²) in [5, 5.41) is 5.85. The van der Waals surface area contributed by atoms with Crippen LogP contribution in [0.5, 0.6) is 0 Å². The van der Waals surface area contributed by atoms with Crippen LogP contribution in [0.1, 0.15) is 57.3 Å². The van der Waals surface area contributed by atoms with E-state index in [9.17, 15) is 19.2 Å². The number of hydrogen-bond donors (Lipinski definition) is 4. The highest BCUT2D eigenvalue weighted by Gasteiger charge is 2.43. The minimum Gasteiger partial charge on any atom is -0.453 e. The molecule has 16 nitrogen and oxygen atoms in total. The highest BCUT2D eigenvalue weighted by Crippen LogP contribution is 2.39. The fraction of sp³-hybridized carbons (Fsp3) is 0.476. The topological polar surface area (TPSA) is 193 Å². The van der Waals surface area contributed by atoms with Crippen LogP contribution in [0.4, 0.5) is 9.59 Å². The van der Waals surface area contributed by atoms with Crippen LogP contribution in [0, 0.1) is 5.92 Å². The summed E-state index contributed by atoms with van der Waals surface area (Å²) in [6.45, 7) is 6.29. The number of hydrogen-bond acceptors (Lipinski definition) is 11. The van der Waals surface area contributed by atoms with Gasteiger partial charge in [-0.25, -0.2) is 19.6 Å². The van der Waals surface area contributed by atoms with Crippen molar-refractivity contribution in [2.24, 2.45) is 5.92 Å². The Morgan fingerprint density at radius 3 is 1.88 bits per heavy atom. The van der Waals surface area contributed by atoms with Gasteiger partial charge in [0.1, 0.15) is 34.6 Å². The number of carbonyl (C=O) groups excluding carboxylic acids is 4. The molecule has 7 atom stereocenters. The number of amides is 4. The van der Waals surface area contributed by atoms with Gasteiger partial charge in [0, 0.05) is 44.5 Å². The predicted octanol–water partition coefficient (Wildman–Crippen LogP) is 6.22. The summed E-state index contributed by atoms with van der Waals surface area (Å²) < 4.78 is 20.6. The molecule has 60 heavy (non-hydrogen) atoms. The minimum atomic E-state index is -0.929. The third kappa shape index (κ3) is 9.59. The molecule has 0 aliphatic carbocycles. The molecule has 2 aromatic carbocycles. The molecule has 4 N–H and O–H groups in total. The standard InChI is InChI=1S/C42H53ClN8O8S/c1-22(2)33(47-41(54)58-6)39(52)50-20-28(57-5)17-31(50)38-46-35(36(43)49-38)27-15-11-25(12-16-27)24-9-13-26(14-10-24)30-19-44-37(45-30)32-18-29(60-8)21-51(32)40(53)34(23(3)56-4)48-42(55)59-7/h9-16,19,22-23,28-29,31-34H,17-18,20-21H2,1-8H3,(H,44,45)(H,46,49)(H,47,54)(H,48,55)/t23?,28-,29-,31-,32-,33-,34-/m0/s1. The highest BCUT2D eigenvalue weighted by atomic mass is 35.5. The van der Waals surface area contributed by atoms with Crippen molar-refractivity contribution in [3.8, 4) is 33.6 Å². The summed E-state index contributed by atoms with van der Waals surface area (Å²) in [7, 11) is 5.62. The number of benzene rings is 2. The number of thioether (sulfide) groups is 1. The van der Waals surface area contributed by atoms with E-state index in [1.807, 2.05) is 68.6 Å². The van der Waals surface area contributed by atoms with E-state index in [0.717, 1.165) is 27.9 Å². The van der Waals surface area contributed by atoms with Gasteiger partial charge < -0.3 is 49.3 Å². The maximum Gasteiger partial charge on any atom is 0.407 e. The third-order valence-corrected chi connectivity index (χ3v) is 12.6. The van der Waals surface area contributed by atoms with Crippen LogP contribution in [0.15, 0.2) is 54.7 Å². The molecule has 2 fully saturated rings. The number of nitrogens with zero attached hydrogens (tertiary/aromatic N) is 4. The Kier molecular flexibility index (Phi) is 14.5. The normalized spacial score (nSPS) is 20.5. The molecule has 322 valence electrons. The molecule has 18 heteroatoms. The molecular weight excluding hydrogens is 812 g/mol. The summed E-state index contributed by atoms with van der Waals surface area (Å²) in [5.74, 6) is 0.483. The lowest BCUT2D eigenvalue weighted by atomic mass is 10.0. The van der Waals surface area contributed by atoms with E-state index >= 15 is 0 Å². The van der Waals surface area contributed by atoms with Gasteiger partial charge in [-0.05, 0) is 42.2 Å². The Morgan fingerprint density at radius 1 is 0.767 bits per heavy atom. The molecule has 2 saturated heterocycles. The smallest absolute Gasteiger partial charge is 0.407 e. The summed E-state index contributed by atoms with van der Waals surface area (Å²) in [6.07, 6.45) is 2.82. The summed E-state index contributed by atoms with van der Waals surface area (Å²) in [5.41, 5.74) is 5.07. The first-order valence-electron chi connectivity index (χ1n) is 19.7. The molecule has 2 aliphatic rings. The van der Waals surface area contributed by atoms with Crippen molar-refractivity contribution in [1.82, 2.24) is 40.4 Å². The minimum absolute atomic E-state index is 0.188. The van der Waals surface area contributed by atoms with Gasteiger partial charge >= 0.3 is 12.2 Å². The number of nitrogens with one attached hydrogen (secondary N) is 4. The summed E-state index contributed by atoms with van der Waals surface area (Å²) >= 11 is 8.44. The number of H-pyrrole nitrogens is 2. The van der Waals surface area contributed by atoms with E-state index in [2.05, 4.69) is 20.6 Å². The van der Waals surface area contributed by atoms with Gasteiger partial charge in [-0.1, -0.05) is 74.0 Å². The average molecular weight is 865 g/mol. The van der Waals surface area contributed by atoms with E-state index < -0.39 is 36.4 Å². The molecule has 6 rings (SSSR count). The zero-order valence-corrected chi connectivity index (χ0v) is 36.6. The van der Waals surface area contributed by atoms with Gasteiger partial charge in [-0.15, -0.1) is 0 Å². The monoisotopic (exact) mass is 864 g/mol. The van der Waals surface area contributed by atoms with E-state index in [4.69, 9.17) is 40.5 Å². The molecule has 4 heterocycles. The van der Waals surface area contributed by atoms with Gasteiger partial charge in [-0.3, -0.25) is 9.59 Å². The molecule has 0 bridgehead atoms. The number of rotatable bonds is 14. The highest BCUT2D eigenvalue weighted by molar-refractivity contribution is 7.99. The zero-order valence-electron chi connectivity index (χ0n) is 35.0. The predicted molar refractivity (Wildman–Crippen MR) is 228 cm³/mol. The lowest BCUT2D eigenvalue weighted by Crippen LogP contribution is -2.54. The Labute approximate surface area is 358 Å². The Bertz CT molecular complexity index is 2130. The Balaban J connectivity index is 1.16. The van der Waals surface area contributed by atoms with Gasteiger partial charge in [0.15, 0.2) is 0 Å². The second-order valence-corrected chi connectivity index (χ2v) is 16.7. The second-order valence-electron chi connectivity index (χ2n) is 15.2. The molecule has 0 radical (unpaired) electrons. The van der Waals surface area contributed by atoms with Crippen LogP contribution in [0.3, 0.4) is 0 Å². The van der Waals surface area contributed by atoms with Crippen molar-refractivity contribution < 1.29 is 38.1 Å². The number of alkyl carbamates (subject to hydrolysis) is 2. The lowest BCUT2D eigenvalue weighted by Gasteiger charge is -2.30. The Morgan fingerprint density at radius 2 is 1.32 bits per heavy atom. The third-order valence-electron chi connectivity index (χ3n) is 11.3. The molecule has 4 aromatic rings. The van der Waals surface area contributed by atoms with Gasteiger partial charge in [-0.2, -0.15) is 11.8 Å². The number of halogens is 1. The molecule has 4 amide bonds. The van der Waals surface area contributed by atoms with E-state index in [-0.39, 0.29) is 35.1 Å². The van der Waals surface area contributed by atoms with Crippen molar-refractivity contribution in [3.05, 3.63) is 71.5 Å². The number of aromatic amines is 2. The number of aromatic nitrogens is 4. The molecule has 1 unspecified atom stereocenters. The summed E-state index contributed by atoms with van der Waals surface area (Å²) in [4.78, 5) is 71.5. The lowest BCUT2D eigenvalue weighted by molar-refractivity contribution is -0.137. The van der Waals surface area contributed by atoms with Crippen LogP contribution < -0.4 is 10.6 Å². The van der Waals surface area contributed by atoms with Crippen molar-refractivity contribution in [3.63, 3.8) is 0 Å². The van der Waals surface area contributed by atoms with Gasteiger partial charge in [0.2, 0.25) is 11.8 Å². The molecule has 2 aromatic heterocycles. The first-order valence-corrected chi connectivity index (χ1v) is 21.4.